The number of hydrogen-bond donors (Lipinski definition) is 1. The van der Waals surface area contributed by atoms with Gasteiger partial charge in [-0.25, -0.2) is 0 Å². The molecule has 0 aromatic rings. The van der Waals surface area contributed by atoms with Gasteiger partial charge in [0, 0.05) is 11.0 Å². The molecule has 1 aliphatic carbocycles. The zero-order valence-corrected chi connectivity index (χ0v) is 12.3. The summed E-state index contributed by atoms with van der Waals surface area (Å²) in [6.07, 6.45) is 0.650. The number of rotatable bonds is 1. The number of thioether (sulfide) groups is 1. The zero-order chi connectivity index (χ0) is 15.1. The van der Waals surface area contributed by atoms with Crippen molar-refractivity contribution in [3.05, 3.63) is 33.7 Å². The molecule has 1 fully saturated rings. The van der Waals surface area contributed by atoms with Crippen molar-refractivity contribution in [3.63, 3.8) is 0 Å². The van der Waals surface area contributed by atoms with E-state index in [2.05, 4.69) is 32.2 Å². The summed E-state index contributed by atoms with van der Waals surface area (Å²) in [5.74, 6) is -1.82. The molecule has 2 nitrogen and oxygen atoms in total. The molecule has 20 heavy (non-hydrogen) atoms. The average Bonchev–Trinajstić information content (AvgIpc) is 2.67. The molecule has 1 atom stereocenters. The molecule has 0 radical (unpaired) electrons. The van der Waals surface area contributed by atoms with Gasteiger partial charge in [0.1, 0.15) is 0 Å². The maximum Gasteiger partial charge on any atom is 0.454 e. The minimum atomic E-state index is -4.81. The van der Waals surface area contributed by atoms with Crippen molar-refractivity contribution in [1.82, 2.24) is 5.32 Å². The first-order valence-electron chi connectivity index (χ1n) is 6.27. The molecule has 1 unspecified atom stereocenters. The Morgan fingerprint density at radius 2 is 2.05 bits per heavy atom. The van der Waals surface area contributed by atoms with E-state index in [1.807, 2.05) is 6.08 Å². The highest BCUT2D eigenvalue weighted by Gasteiger charge is 2.38. The maximum atomic E-state index is 12.2. The molecule has 1 heterocycles. The minimum absolute atomic E-state index is 0.00673. The highest BCUT2D eigenvalue weighted by molar-refractivity contribution is 8.07. The summed E-state index contributed by atoms with van der Waals surface area (Å²) in [6.45, 7) is 6.27. The van der Waals surface area contributed by atoms with Gasteiger partial charge in [-0.05, 0) is 23.5 Å². The Bertz CT molecular complexity index is 524. The molecular formula is C14H16F3NOS. The fourth-order valence-corrected chi connectivity index (χ4v) is 3.13. The number of carbonyl (C=O) groups excluding carboxylic acids is 1. The topological polar surface area (TPSA) is 29.1 Å². The number of ketones is 1. The summed E-state index contributed by atoms with van der Waals surface area (Å²) in [4.78, 5) is 11.9. The lowest BCUT2D eigenvalue weighted by Crippen LogP contribution is -2.26. The van der Waals surface area contributed by atoms with Gasteiger partial charge >= 0.3 is 6.18 Å². The number of allylic oxidation sites excluding steroid dienone is 3. The van der Waals surface area contributed by atoms with E-state index in [9.17, 15) is 18.0 Å². The van der Waals surface area contributed by atoms with Crippen LogP contribution in [0, 0.1) is 5.41 Å². The Balaban J connectivity index is 2.15. The highest BCUT2D eigenvalue weighted by atomic mass is 32.2. The molecular weight excluding hydrogens is 287 g/mol. The van der Waals surface area contributed by atoms with Crippen LogP contribution in [-0.2, 0) is 4.79 Å². The largest absolute Gasteiger partial charge is 0.454 e. The second-order valence-electron chi connectivity index (χ2n) is 5.86. The van der Waals surface area contributed by atoms with Crippen molar-refractivity contribution < 1.29 is 18.0 Å². The second kappa shape index (κ2) is 4.98. The highest BCUT2D eigenvalue weighted by Crippen LogP contribution is 2.42. The van der Waals surface area contributed by atoms with Gasteiger partial charge < -0.3 is 5.32 Å². The Labute approximate surface area is 120 Å². The average molecular weight is 303 g/mol. The first-order chi connectivity index (χ1) is 9.07. The third-order valence-electron chi connectivity index (χ3n) is 3.17. The van der Waals surface area contributed by atoms with Gasteiger partial charge in [-0.3, -0.25) is 4.79 Å². The molecule has 1 aliphatic heterocycles. The molecule has 2 rings (SSSR count). The fourth-order valence-electron chi connectivity index (χ4n) is 2.03. The SMILES string of the molecule is CC(C)(C)C1=CCC2N/C(=C\C(=O)C(F)(F)F)SC2=C1. The summed E-state index contributed by atoms with van der Waals surface area (Å²) in [6, 6.07) is -0.0154. The van der Waals surface area contributed by atoms with E-state index in [-0.39, 0.29) is 16.5 Å². The van der Waals surface area contributed by atoms with Gasteiger partial charge in [0.15, 0.2) is 0 Å². The van der Waals surface area contributed by atoms with Gasteiger partial charge in [0.05, 0.1) is 11.1 Å². The third-order valence-corrected chi connectivity index (χ3v) is 4.26. The van der Waals surface area contributed by atoms with Gasteiger partial charge in [-0.1, -0.05) is 38.6 Å². The van der Waals surface area contributed by atoms with E-state index in [1.165, 1.54) is 17.3 Å². The number of fused-ring (bicyclic) bond motifs is 1. The van der Waals surface area contributed by atoms with Gasteiger partial charge in [0.2, 0.25) is 0 Å². The van der Waals surface area contributed by atoms with Crippen LogP contribution < -0.4 is 5.32 Å². The predicted molar refractivity (Wildman–Crippen MR) is 73.9 cm³/mol. The van der Waals surface area contributed by atoms with Crippen molar-refractivity contribution in [2.45, 2.75) is 39.4 Å². The van der Waals surface area contributed by atoms with E-state index >= 15 is 0 Å². The van der Waals surface area contributed by atoms with Gasteiger partial charge in [0.25, 0.3) is 5.78 Å². The smallest absolute Gasteiger partial charge is 0.372 e. The minimum Gasteiger partial charge on any atom is -0.372 e. The van der Waals surface area contributed by atoms with E-state index in [0.29, 0.717) is 6.08 Å². The quantitative estimate of drug-likeness (QED) is 0.744. The van der Waals surface area contributed by atoms with Crippen LogP contribution in [0.5, 0.6) is 0 Å². The van der Waals surface area contributed by atoms with Crippen LogP contribution in [0.25, 0.3) is 0 Å². The van der Waals surface area contributed by atoms with Crippen LogP contribution in [0.2, 0.25) is 0 Å². The Morgan fingerprint density at radius 1 is 1.40 bits per heavy atom. The number of hydrogen-bond acceptors (Lipinski definition) is 3. The number of alkyl halides is 3. The molecule has 0 spiro atoms. The molecule has 0 saturated carbocycles. The first kappa shape index (κ1) is 15.2. The van der Waals surface area contributed by atoms with Gasteiger partial charge in [-0.15, -0.1) is 0 Å². The van der Waals surface area contributed by atoms with E-state index < -0.39 is 12.0 Å². The van der Waals surface area contributed by atoms with Crippen molar-refractivity contribution in [3.8, 4) is 0 Å². The third kappa shape index (κ3) is 3.29. The Kier molecular flexibility index (Phi) is 3.79. The van der Waals surface area contributed by atoms with E-state index in [1.54, 1.807) is 0 Å². The lowest BCUT2D eigenvalue weighted by Gasteiger charge is -2.25. The summed E-state index contributed by atoms with van der Waals surface area (Å²) in [5, 5.41) is 3.23. The van der Waals surface area contributed by atoms with Crippen molar-refractivity contribution in [2.24, 2.45) is 5.41 Å². The zero-order valence-electron chi connectivity index (χ0n) is 11.5. The molecule has 110 valence electrons. The first-order valence-corrected chi connectivity index (χ1v) is 7.08. The molecule has 0 aromatic heterocycles. The molecule has 0 aromatic carbocycles. The number of nitrogens with one attached hydrogen (secondary N) is 1. The Hall–Kier alpha value is -1.17. The standard InChI is InChI=1S/C14H16F3NOS/c1-13(2,3)8-4-5-9-10(6-8)20-12(18-9)7-11(19)14(15,16)17/h4,6-7,9,18H,5H2,1-3H3/b12-7+. The van der Waals surface area contributed by atoms with Crippen LogP contribution in [-0.4, -0.2) is 18.0 Å². The number of halogens is 3. The summed E-state index contributed by atoms with van der Waals surface area (Å²) in [7, 11) is 0. The molecule has 0 bridgehead atoms. The van der Waals surface area contributed by atoms with E-state index in [0.717, 1.165) is 11.3 Å². The van der Waals surface area contributed by atoms with Crippen LogP contribution >= 0.6 is 11.8 Å². The fraction of sp³-hybridized carbons (Fsp3) is 0.500. The van der Waals surface area contributed by atoms with Crippen LogP contribution in [0.1, 0.15) is 27.2 Å². The lowest BCUT2D eigenvalue weighted by atomic mass is 9.83. The van der Waals surface area contributed by atoms with Crippen molar-refractivity contribution in [1.29, 1.82) is 0 Å². The summed E-state index contributed by atoms with van der Waals surface area (Å²) >= 11 is 1.21. The molecule has 0 amide bonds. The van der Waals surface area contributed by atoms with Crippen molar-refractivity contribution >= 4 is 17.5 Å². The Morgan fingerprint density at radius 3 is 2.60 bits per heavy atom. The molecule has 1 N–H and O–H groups in total. The monoisotopic (exact) mass is 303 g/mol. The second-order valence-corrected chi connectivity index (χ2v) is 6.98. The molecule has 2 aliphatic rings. The summed E-state index contributed by atoms with van der Waals surface area (Å²) in [5.41, 5.74) is 1.17. The van der Waals surface area contributed by atoms with Gasteiger partial charge in [-0.2, -0.15) is 13.2 Å². The van der Waals surface area contributed by atoms with Crippen LogP contribution in [0.4, 0.5) is 13.2 Å². The molecule has 6 heteroatoms. The van der Waals surface area contributed by atoms with Crippen molar-refractivity contribution in [2.75, 3.05) is 0 Å². The summed E-state index contributed by atoms with van der Waals surface area (Å²) < 4.78 is 36.7. The van der Waals surface area contributed by atoms with Crippen LogP contribution in [0.15, 0.2) is 33.7 Å². The van der Waals surface area contributed by atoms with E-state index in [4.69, 9.17) is 0 Å². The molecule has 1 saturated heterocycles. The lowest BCUT2D eigenvalue weighted by molar-refractivity contribution is -0.165. The number of carbonyl (C=O) groups is 1. The van der Waals surface area contributed by atoms with Crippen LogP contribution in [0.3, 0.4) is 0 Å². The predicted octanol–water partition coefficient (Wildman–Crippen LogP) is 3.92. The maximum absolute atomic E-state index is 12.2. The normalized spacial score (nSPS) is 24.9.